The van der Waals surface area contributed by atoms with Crippen molar-refractivity contribution in [3.8, 4) is 5.69 Å². The highest BCUT2D eigenvalue weighted by molar-refractivity contribution is 6.31. The van der Waals surface area contributed by atoms with Crippen molar-refractivity contribution in [3.05, 3.63) is 64.7 Å². The van der Waals surface area contributed by atoms with Gasteiger partial charge in [0, 0.05) is 12.4 Å². The Morgan fingerprint density at radius 3 is 2.63 bits per heavy atom. The lowest BCUT2D eigenvalue weighted by Crippen LogP contribution is -2.25. The number of benzene rings is 1. The van der Waals surface area contributed by atoms with Crippen LogP contribution in [0.2, 0.25) is 5.02 Å². The Morgan fingerprint density at radius 1 is 1.22 bits per heavy atom. The Hall–Kier alpha value is -2.60. The molecule has 1 aliphatic rings. The van der Waals surface area contributed by atoms with Gasteiger partial charge in [-0.2, -0.15) is 10.2 Å². The first-order valence-corrected chi connectivity index (χ1v) is 9.44. The minimum absolute atomic E-state index is 0.111. The lowest BCUT2D eigenvalue weighted by Gasteiger charge is -2.20. The van der Waals surface area contributed by atoms with Crippen LogP contribution in [-0.4, -0.2) is 31.6 Å². The summed E-state index contributed by atoms with van der Waals surface area (Å²) in [6.45, 7) is 3.79. The number of hydrogen-bond donors (Lipinski definition) is 0. The highest BCUT2D eigenvalue weighted by atomic mass is 35.5. The molecule has 6 nitrogen and oxygen atoms in total. The number of esters is 1. The largest absolute Gasteiger partial charge is 0.457 e. The monoisotopic (exact) mass is 384 g/mol. The number of halogens is 1. The second-order valence-electron chi connectivity index (χ2n) is 6.87. The van der Waals surface area contributed by atoms with Crippen molar-refractivity contribution in [2.24, 2.45) is 0 Å². The van der Waals surface area contributed by atoms with Crippen molar-refractivity contribution in [2.45, 2.75) is 45.3 Å². The number of nitrogens with zero attached hydrogens (tertiary/aromatic N) is 4. The molecule has 27 heavy (non-hydrogen) atoms. The lowest BCUT2D eigenvalue weighted by atomic mass is 10.2. The molecular weight excluding hydrogens is 364 g/mol. The summed E-state index contributed by atoms with van der Waals surface area (Å²) in [4.78, 5) is 12.6. The topological polar surface area (TPSA) is 61.9 Å². The smallest absolute Gasteiger partial charge is 0.338 e. The zero-order chi connectivity index (χ0) is 19.0. The third-order valence-electron chi connectivity index (χ3n) is 5.09. The molecule has 0 unspecified atom stereocenters. The van der Waals surface area contributed by atoms with E-state index in [1.165, 1.54) is 0 Å². The summed E-state index contributed by atoms with van der Waals surface area (Å²) < 4.78 is 9.45. The first-order chi connectivity index (χ1) is 13.0. The predicted molar refractivity (Wildman–Crippen MR) is 102 cm³/mol. The Kier molecular flexibility index (Phi) is 4.74. The van der Waals surface area contributed by atoms with Gasteiger partial charge in [0.15, 0.2) is 0 Å². The van der Waals surface area contributed by atoms with Crippen LogP contribution in [0, 0.1) is 13.8 Å². The molecule has 140 valence electrons. The van der Waals surface area contributed by atoms with E-state index >= 15 is 0 Å². The number of aryl methyl sites for hydroxylation is 1. The molecular formula is C20H21ClN4O2. The van der Waals surface area contributed by atoms with Crippen LogP contribution >= 0.6 is 11.6 Å². The van der Waals surface area contributed by atoms with E-state index in [0.717, 1.165) is 36.3 Å². The Morgan fingerprint density at radius 2 is 2.00 bits per heavy atom. The van der Waals surface area contributed by atoms with Crippen molar-refractivity contribution in [1.29, 1.82) is 0 Å². The Balaban J connectivity index is 1.49. The van der Waals surface area contributed by atoms with Crippen LogP contribution in [0.3, 0.4) is 0 Å². The lowest BCUT2D eigenvalue weighted by molar-refractivity contribution is 0.0210. The number of rotatable bonds is 4. The zero-order valence-corrected chi connectivity index (χ0v) is 16.1. The van der Waals surface area contributed by atoms with Crippen molar-refractivity contribution in [1.82, 2.24) is 19.6 Å². The highest BCUT2D eigenvalue weighted by Gasteiger charge is 2.32. The number of aromatic nitrogens is 4. The molecule has 1 aromatic carbocycles. The summed E-state index contributed by atoms with van der Waals surface area (Å²) >= 11 is 6.22. The van der Waals surface area contributed by atoms with Gasteiger partial charge in [0.1, 0.15) is 6.10 Å². The molecule has 1 fully saturated rings. The Bertz CT molecular complexity index is 947. The molecule has 0 amide bonds. The van der Waals surface area contributed by atoms with E-state index in [2.05, 4.69) is 10.2 Å². The maximum Gasteiger partial charge on any atom is 0.338 e. The summed E-state index contributed by atoms with van der Waals surface area (Å²) in [6.07, 6.45) is 6.38. The van der Waals surface area contributed by atoms with Gasteiger partial charge in [-0.25, -0.2) is 9.48 Å². The number of hydrogen-bond acceptors (Lipinski definition) is 4. The van der Waals surface area contributed by atoms with Crippen LogP contribution in [0.25, 0.3) is 5.69 Å². The van der Waals surface area contributed by atoms with Gasteiger partial charge in [0.25, 0.3) is 0 Å². The van der Waals surface area contributed by atoms with Crippen LogP contribution in [0.5, 0.6) is 0 Å². The van der Waals surface area contributed by atoms with Gasteiger partial charge in [-0.3, -0.25) is 4.68 Å². The molecule has 0 aliphatic heterocycles. The van der Waals surface area contributed by atoms with Crippen molar-refractivity contribution in [3.63, 3.8) is 0 Å². The van der Waals surface area contributed by atoms with Gasteiger partial charge in [0.2, 0.25) is 0 Å². The normalized spacial score (nSPS) is 19.4. The molecule has 0 bridgehead atoms. The zero-order valence-electron chi connectivity index (χ0n) is 15.3. The molecule has 1 saturated carbocycles. The standard InChI is InChI=1S/C20H21ClN4O2/c1-13-19(21)14(2)25(23-13)16-9-7-15(8-10-16)20(26)27-18-6-3-5-17(18)24-12-4-11-22-24/h4,7-12,17-18H,3,5-6H2,1-2H3/t17-,18-/m1/s1. The van der Waals surface area contributed by atoms with E-state index < -0.39 is 0 Å². The first-order valence-electron chi connectivity index (χ1n) is 9.07. The third kappa shape index (κ3) is 3.37. The van der Waals surface area contributed by atoms with E-state index in [0.29, 0.717) is 10.6 Å². The van der Waals surface area contributed by atoms with Gasteiger partial charge in [-0.1, -0.05) is 11.6 Å². The fourth-order valence-electron chi connectivity index (χ4n) is 3.64. The van der Waals surface area contributed by atoms with Crippen LogP contribution in [-0.2, 0) is 4.74 Å². The van der Waals surface area contributed by atoms with Gasteiger partial charge >= 0.3 is 5.97 Å². The molecule has 0 N–H and O–H groups in total. The average Bonchev–Trinajstić information content (AvgIpc) is 3.40. The van der Waals surface area contributed by atoms with Crippen LogP contribution < -0.4 is 0 Å². The van der Waals surface area contributed by atoms with E-state index in [1.54, 1.807) is 23.0 Å². The molecule has 0 saturated heterocycles. The summed E-state index contributed by atoms with van der Waals surface area (Å²) in [6, 6.07) is 9.24. The predicted octanol–water partition coefficient (Wildman–Crippen LogP) is 4.29. The molecule has 2 heterocycles. The fourth-order valence-corrected chi connectivity index (χ4v) is 3.76. The summed E-state index contributed by atoms with van der Waals surface area (Å²) in [5.41, 5.74) is 3.04. The quantitative estimate of drug-likeness (QED) is 0.629. The Labute approximate surface area is 162 Å². The van der Waals surface area contributed by atoms with Gasteiger partial charge < -0.3 is 4.74 Å². The van der Waals surface area contributed by atoms with Crippen LogP contribution in [0.15, 0.2) is 42.7 Å². The van der Waals surface area contributed by atoms with Crippen LogP contribution in [0.4, 0.5) is 0 Å². The summed E-state index contributed by atoms with van der Waals surface area (Å²) in [5.74, 6) is -0.308. The maximum absolute atomic E-state index is 12.6. The van der Waals surface area contributed by atoms with Crippen molar-refractivity contribution < 1.29 is 9.53 Å². The van der Waals surface area contributed by atoms with Crippen molar-refractivity contribution >= 4 is 17.6 Å². The summed E-state index contributed by atoms with van der Waals surface area (Å²) in [5, 5.41) is 9.39. The van der Waals surface area contributed by atoms with Crippen molar-refractivity contribution in [2.75, 3.05) is 0 Å². The SMILES string of the molecule is Cc1nn(-c2ccc(C(=O)O[C@@H]3CCC[C@H]3n3cccn3)cc2)c(C)c1Cl. The number of carbonyl (C=O) groups is 1. The van der Waals surface area contributed by atoms with Gasteiger partial charge in [-0.15, -0.1) is 0 Å². The molecule has 2 aromatic heterocycles. The molecule has 1 aliphatic carbocycles. The van der Waals surface area contributed by atoms with E-state index in [4.69, 9.17) is 16.3 Å². The maximum atomic E-state index is 12.6. The number of ether oxygens (including phenoxy) is 1. The van der Waals surface area contributed by atoms with E-state index in [-0.39, 0.29) is 18.1 Å². The third-order valence-corrected chi connectivity index (χ3v) is 5.64. The summed E-state index contributed by atoms with van der Waals surface area (Å²) in [7, 11) is 0. The average molecular weight is 385 g/mol. The molecule has 0 radical (unpaired) electrons. The van der Waals surface area contributed by atoms with Gasteiger partial charge in [-0.05, 0) is 63.4 Å². The highest BCUT2D eigenvalue weighted by Crippen LogP contribution is 2.32. The fraction of sp³-hybridized carbons (Fsp3) is 0.350. The minimum atomic E-state index is -0.308. The molecule has 4 rings (SSSR count). The second-order valence-corrected chi connectivity index (χ2v) is 7.25. The van der Waals surface area contributed by atoms with Crippen LogP contribution in [0.1, 0.15) is 47.1 Å². The van der Waals surface area contributed by atoms with E-state index in [9.17, 15) is 4.79 Å². The molecule has 7 heteroatoms. The molecule has 0 spiro atoms. The van der Waals surface area contributed by atoms with E-state index in [1.807, 2.05) is 42.9 Å². The number of carbonyl (C=O) groups excluding carboxylic acids is 1. The first kappa shape index (κ1) is 17.8. The molecule has 3 aromatic rings. The minimum Gasteiger partial charge on any atom is -0.457 e. The van der Waals surface area contributed by atoms with Gasteiger partial charge in [0.05, 0.1) is 33.7 Å². The second kappa shape index (κ2) is 7.19. The molecule has 2 atom stereocenters.